The maximum Gasteiger partial charge on any atom is 0.223 e. The Labute approximate surface area is 127 Å². The average Bonchev–Trinajstić information content (AvgIpc) is 2.92. The number of nitrogens with zero attached hydrogens (tertiary/aromatic N) is 2. The van der Waals surface area contributed by atoms with Crippen LogP contribution in [-0.2, 0) is 0 Å². The Morgan fingerprint density at radius 3 is 2.70 bits per heavy atom. The Hall–Kier alpha value is -1.36. The van der Waals surface area contributed by atoms with Crippen LogP contribution in [0.3, 0.4) is 0 Å². The van der Waals surface area contributed by atoms with Crippen LogP contribution in [0.25, 0.3) is 10.9 Å². The number of ether oxygens (including phenoxy) is 1. The molecule has 0 aliphatic heterocycles. The molecule has 0 bridgehead atoms. The molecule has 1 aromatic carbocycles. The van der Waals surface area contributed by atoms with Crippen molar-refractivity contribution in [2.75, 3.05) is 12.4 Å². The van der Waals surface area contributed by atoms with Crippen LogP contribution in [0.5, 0.6) is 5.75 Å². The van der Waals surface area contributed by atoms with Crippen LogP contribution >= 0.6 is 15.9 Å². The maximum atomic E-state index is 6.18. The highest BCUT2D eigenvalue weighted by Crippen LogP contribution is 2.33. The molecule has 0 atom stereocenters. The number of halogens is 1. The third-order valence-corrected chi connectivity index (χ3v) is 4.20. The van der Waals surface area contributed by atoms with Crippen LogP contribution in [0.15, 0.2) is 16.6 Å². The number of anilines is 1. The molecule has 5 heteroatoms. The summed E-state index contributed by atoms with van der Waals surface area (Å²) in [4.78, 5) is 9.00. The smallest absolute Gasteiger partial charge is 0.223 e. The molecule has 1 aliphatic rings. The van der Waals surface area contributed by atoms with Gasteiger partial charge in [-0.2, -0.15) is 0 Å². The van der Waals surface area contributed by atoms with Crippen molar-refractivity contribution >= 4 is 32.8 Å². The van der Waals surface area contributed by atoms with Crippen molar-refractivity contribution in [3.8, 4) is 5.75 Å². The van der Waals surface area contributed by atoms with Crippen LogP contribution in [0.1, 0.15) is 31.4 Å². The third kappa shape index (κ3) is 2.59. The topological polar surface area (TPSA) is 47.0 Å². The number of benzene rings is 1. The monoisotopic (exact) mass is 335 g/mol. The van der Waals surface area contributed by atoms with Gasteiger partial charge in [-0.1, -0.05) is 15.9 Å². The van der Waals surface area contributed by atoms with Gasteiger partial charge in [-0.3, -0.25) is 0 Å². The molecule has 0 saturated heterocycles. The molecule has 1 aliphatic carbocycles. The molecule has 20 heavy (non-hydrogen) atoms. The fourth-order valence-electron chi connectivity index (χ4n) is 2.70. The standard InChI is InChI=1S/C15H18BrN3O/c1-9-12-7-10(16)8-13(20-11-5-3-4-6-11)14(12)19-15(17-2)18-9/h7-8,11H,3-6H2,1-2H3,(H,17,18,19). The Balaban J connectivity index is 2.10. The molecule has 0 amide bonds. The normalized spacial score (nSPS) is 15.8. The second-order valence-electron chi connectivity index (χ2n) is 5.21. The van der Waals surface area contributed by atoms with Crippen molar-refractivity contribution in [3.63, 3.8) is 0 Å². The van der Waals surface area contributed by atoms with E-state index in [2.05, 4.69) is 31.2 Å². The highest BCUT2D eigenvalue weighted by molar-refractivity contribution is 9.10. The molecular formula is C15H18BrN3O. The molecule has 4 nitrogen and oxygen atoms in total. The van der Waals surface area contributed by atoms with Gasteiger partial charge in [-0.25, -0.2) is 9.97 Å². The lowest BCUT2D eigenvalue weighted by Gasteiger charge is -2.16. The molecule has 1 N–H and O–H groups in total. The number of aromatic nitrogens is 2. The van der Waals surface area contributed by atoms with Gasteiger partial charge in [-0.05, 0) is 44.7 Å². The minimum Gasteiger partial charge on any atom is -0.488 e. The fourth-order valence-corrected chi connectivity index (χ4v) is 3.14. The molecule has 0 unspecified atom stereocenters. The third-order valence-electron chi connectivity index (χ3n) is 3.74. The van der Waals surface area contributed by atoms with Gasteiger partial charge in [-0.15, -0.1) is 0 Å². The van der Waals surface area contributed by atoms with Crippen LogP contribution in [0.2, 0.25) is 0 Å². The molecule has 106 valence electrons. The zero-order valence-electron chi connectivity index (χ0n) is 11.7. The number of nitrogens with one attached hydrogen (secondary N) is 1. The van der Waals surface area contributed by atoms with E-state index in [1.165, 1.54) is 12.8 Å². The molecule has 2 aromatic rings. The van der Waals surface area contributed by atoms with Crippen molar-refractivity contribution in [3.05, 3.63) is 22.3 Å². The highest BCUT2D eigenvalue weighted by Gasteiger charge is 2.19. The van der Waals surface area contributed by atoms with E-state index in [1.807, 2.05) is 26.1 Å². The zero-order chi connectivity index (χ0) is 14.1. The first-order chi connectivity index (χ1) is 9.67. The van der Waals surface area contributed by atoms with Crippen molar-refractivity contribution < 1.29 is 4.74 Å². The second-order valence-corrected chi connectivity index (χ2v) is 6.12. The summed E-state index contributed by atoms with van der Waals surface area (Å²) in [5, 5.41) is 4.04. The predicted octanol–water partition coefficient (Wildman–Crippen LogP) is 4.06. The molecule has 1 fully saturated rings. The molecule has 0 spiro atoms. The van der Waals surface area contributed by atoms with Gasteiger partial charge in [0.1, 0.15) is 11.3 Å². The van der Waals surface area contributed by atoms with E-state index in [4.69, 9.17) is 4.74 Å². The van der Waals surface area contributed by atoms with Gasteiger partial charge >= 0.3 is 0 Å². The van der Waals surface area contributed by atoms with Gasteiger partial charge < -0.3 is 10.1 Å². The number of fused-ring (bicyclic) bond motifs is 1. The molecule has 3 rings (SSSR count). The van der Waals surface area contributed by atoms with Crippen molar-refractivity contribution in [2.45, 2.75) is 38.7 Å². The van der Waals surface area contributed by atoms with Crippen molar-refractivity contribution in [2.24, 2.45) is 0 Å². The predicted molar refractivity (Wildman–Crippen MR) is 84.4 cm³/mol. The minimum absolute atomic E-state index is 0.320. The summed E-state index contributed by atoms with van der Waals surface area (Å²) >= 11 is 3.55. The summed E-state index contributed by atoms with van der Waals surface area (Å²) in [6.45, 7) is 2.00. The molecule has 1 aromatic heterocycles. The van der Waals surface area contributed by atoms with Gasteiger partial charge in [0.15, 0.2) is 0 Å². The first-order valence-electron chi connectivity index (χ1n) is 6.99. The van der Waals surface area contributed by atoms with Gasteiger partial charge in [0.25, 0.3) is 0 Å². The summed E-state index contributed by atoms with van der Waals surface area (Å²) in [6, 6.07) is 4.05. The van der Waals surface area contributed by atoms with E-state index in [1.54, 1.807) is 0 Å². The summed E-state index contributed by atoms with van der Waals surface area (Å²) in [6.07, 6.45) is 5.10. The van der Waals surface area contributed by atoms with E-state index in [-0.39, 0.29) is 0 Å². The number of aryl methyl sites for hydroxylation is 1. The van der Waals surface area contributed by atoms with Gasteiger partial charge in [0.05, 0.1) is 11.8 Å². The van der Waals surface area contributed by atoms with Gasteiger partial charge in [0, 0.05) is 16.9 Å². The van der Waals surface area contributed by atoms with Crippen molar-refractivity contribution in [1.29, 1.82) is 0 Å². The number of hydrogen-bond donors (Lipinski definition) is 1. The fraction of sp³-hybridized carbons (Fsp3) is 0.467. The van der Waals surface area contributed by atoms with Gasteiger partial charge in [0.2, 0.25) is 5.95 Å². The highest BCUT2D eigenvalue weighted by atomic mass is 79.9. The van der Waals surface area contributed by atoms with Crippen LogP contribution < -0.4 is 10.1 Å². The largest absolute Gasteiger partial charge is 0.488 e. The Kier molecular flexibility index (Phi) is 3.78. The zero-order valence-corrected chi connectivity index (χ0v) is 13.3. The van der Waals surface area contributed by atoms with E-state index in [9.17, 15) is 0 Å². The van der Waals surface area contributed by atoms with Crippen LogP contribution in [0, 0.1) is 6.92 Å². The summed E-state index contributed by atoms with van der Waals surface area (Å²) in [7, 11) is 1.83. The second kappa shape index (κ2) is 5.56. The first kappa shape index (κ1) is 13.6. The van der Waals surface area contributed by atoms with E-state index in [0.29, 0.717) is 12.1 Å². The van der Waals surface area contributed by atoms with Crippen LogP contribution in [0.4, 0.5) is 5.95 Å². The Morgan fingerprint density at radius 2 is 2.00 bits per heavy atom. The lowest BCUT2D eigenvalue weighted by molar-refractivity contribution is 0.212. The minimum atomic E-state index is 0.320. The number of rotatable bonds is 3. The molecule has 0 radical (unpaired) electrons. The molecule has 1 saturated carbocycles. The molecule has 1 heterocycles. The summed E-state index contributed by atoms with van der Waals surface area (Å²) < 4.78 is 7.18. The van der Waals surface area contributed by atoms with Crippen LogP contribution in [-0.4, -0.2) is 23.1 Å². The molecular weight excluding hydrogens is 318 g/mol. The lowest BCUT2D eigenvalue weighted by atomic mass is 10.2. The first-order valence-corrected chi connectivity index (χ1v) is 7.79. The Morgan fingerprint density at radius 1 is 1.25 bits per heavy atom. The quantitative estimate of drug-likeness (QED) is 0.918. The summed E-state index contributed by atoms with van der Waals surface area (Å²) in [5.74, 6) is 1.48. The Bertz CT molecular complexity index is 639. The van der Waals surface area contributed by atoms with E-state index < -0.39 is 0 Å². The van der Waals surface area contributed by atoms with E-state index in [0.717, 1.165) is 39.7 Å². The lowest BCUT2D eigenvalue weighted by Crippen LogP contribution is -2.12. The van der Waals surface area contributed by atoms with Crippen molar-refractivity contribution in [1.82, 2.24) is 9.97 Å². The maximum absolute atomic E-state index is 6.18. The SMILES string of the molecule is CNc1nc(C)c2cc(Br)cc(OC3CCCC3)c2n1. The van der Waals surface area contributed by atoms with E-state index >= 15 is 0 Å². The average molecular weight is 336 g/mol. The number of hydrogen-bond acceptors (Lipinski definition) is 4. The summed E-state index contributed by atoms with van der Waals surface area (Å²) in [5.41, 5.74) is 1.84.